The Morgan fingerprint density at radius 2 is 1.89 bits per heavy atom. The van der Waals surface area contributed by atoms with Crippen molar-refractivity contribution in [1.29, 1.82) is 0 Å². The van der Waals surface area contributed by atoms with Crippen LogP contribution >= 0.6 is 0 Å². The maximum absolute atomic E-state index is 13.0. The second-order valence-electron chi connectivity index (χ2n) is 7.45. The van der Waals surface area contributed by atoms with Crippen LogP contribution in [0.5, 0.6) is 0 Å². The highest BCUT2D eigenvalue weighted by Gasteiger charge is 2.34. The first-order chi connectivity index (χ1) is 13.0. The lowest BCUT2D eigenvalue weighted by molar-refractivity contribution is -0.138. The lowest BCUT2D eigenvalue weighted by Gasteiger charge is -2.14. The molecule has 9 heteroatoms. The van der Waals surface area contributed by atoms with Gasteiger partial charge in [-0.3, -0.25) is 0 Å². The van der Waals surface area contributed by atoms with Gasteiger partial charge in [0.1, 0.15) is 0 Å². The molecule has 1 aromatic heterocycles. The van der Waals surface area contributed by atoms with Crippen LogP contribution in [-0.4, -0.2) is 29.4 Å². The molecule has 2 N–H and O–H groups in total. The molecule has 1 heterocycles. The minimum absolute atomic E-state index is 0.156. The zero-order valence-electron chi connectivity index (χ0n) is 15.6. The van der Waals surface area contributed by atoms with Gasteiger partial charge < -0.3 is 9.67 Å². The summed E-state index contributed by atoms with van der Waals surface area (Å²) in [7, 11) is -3.36. The first kappa shape index (κ1) is 20.9. The molecule has 3 rings (SSSR count). The average molecular weight is 416 g/mol. The largest absolute Gasteiger partial charge is 0.418 e. The van der Waals surface area contributed by atoms with Gasteiger partial charge in [-0.25, -0.2) is 13.1 Å². The van der Waals surface area contributed by atoms with E-state index in [2.05, 4.69) is 4.72 Å². The third-order valence-corrected chi connectivity index (χ3v) is 6.86. The Morgan fingerprint density at radius 1 is 1.21 bits per heavy atom. The van der Waals surface area contributed by atoms with Crippen LogP contribution in [0.15, 0.2) is 30.6 Å². The maximum Gasteiger partial charge on any atom is 0.418 e. The second kappa shape index (κ2) is 7.53. The Hall–Kier alpha value is -1.84. The minimum Gasteiger partial charge on any atom is -0.392 e. The lowest BCUT2D eigenvalue weighted by Crippen LogP contribution is -2.39. The van der Waals surface area contributed by atoms with Crippen molar-refractivity contribution in [1.82, 2.24) is 9.29 Å². The molecule has 0 radical (unpaired) electrons. The molecule has 0 saturated heterocycles. The summed E-state index contributed by atoms with van der Waals surface area (Å²) in [6, 6.07) is 5.44. The fourth-order valence-corrected chi connectivity index (χ4v) is 4.36. The number of rotatable bonds is 6. The van der Waals surface area contributed by atoms with Crippen LogP contribution in [0.1, 0.15) is 41.7 Å². The van der Waals surface area contributed by atoms with E-state index in [0.717, 1.165) is 22.9 Å². The Kier molecular flexibility index (Phi) is 5.62. The van der Waals surface area contributed by atoms with Gasteiger partial charge in [-0.15, -0.1) is 0 Å². The number of aliphatic hydroxyl groups is 1. The van der Waals surface area contributed by atoms with E-state index >= 15 is 0 Å². The third-order valence-electron chi connectivity index (χ3n) is 4.96. The summed E-state index contributed by atoms with van der Waals surface area (Å²) in [5.41, 5.74) is 1.87. The number of hydrogen-bond donors (Lipinski definition) is 2. The molecule has 0 spiro atoms. The summed E-state index contributed by atoms with van der Waals surface area (Å²) >= 11 is 0. The zero-order valence-corrected chi connectivity index (χ0v) is 16.4. The molecular weight excluding hydrogens is 393 g/mol. The van der Waals surface area contributed by atoms with Crippen molar-refractivity contribution in [2.75, 3.05) is 0 Å². The number of fused-ring (bicyclic) bond motifs is 1. The summed E-state index contributed by atoms with van der Waals surface area (Å²) in [5, 5.41) is 8.67. The quantitative estimate of drug-likeness (QED) is 0.761. The first-order valence-electron chi connectivity index (χ1n) is 8.98. The summed E-state index contributed by atoms with van der Waals surface area (Å²) in [6.07, 6.45) is -1.07. The SMILES string of the molecule is CC(C)S(=O)(=O)NC1Cc2ccc(Cn3cc(CO)c(C(F)(F)F)c3)cc2C1. The third kappa shape index (κ3) is 4.42. The highest BCUT2D eigenvalue weighted by Crippen LogP contribution is 2.33. The Morgan fingerprint density at radius 3 is 2.46 bits per heavy atom. The van der Waals surface area contributed by atoms with Crippen LogP contribution in [0.25, 0.3) is 0 Å². The highest BCUT2D eigenvalue weighted by molar-refractivity contribution is 7.90. The zero-order chi connectivity index (χ0) is 20.7. The molecule has 1 atom stereocenters. The molecule has 0 saturated carbocycles. The van der Waals surface area contributed by atoms with Crippen LogP contribution in [0.3, 0.4) is 0 Å². The number of alkyl halides is 3. The fraction of sp³-hybridized carbons (Fsp3) is 0.474. The van der Waals surface area contributed by atoms with Gasteiger partial charge in [-0.2, -0.15) is 13.2 Å². The fourth-order valence-electron chi connectivity index (χ4n) is 3.46. The Bertz CT molecular complexity index is 965. The van der Waals surface area contributed by atoms with Gasteiger partial charge in [0.05, 0.1) is 17.4 Å². The number of sulfonamides is 1. The van der Waals surface area contributed by atoms with Gasteiger partial charge in [0.15, 0.2) is 0 Å². The summed E-state index contributed by atoms with van der Waals surface area (Å²) in [5.74, 6) is 0. The van der Waals surface area contributed by atoms with E-state index in [0.29, 0.717) is 12.8 Å². The van der Waals surface area contributed by atoms with Gasteiger partial charge in [0.2, 0.25) is 10.0 Å². The standard InChI is InChI=1S/C19H23F3N2O3S/c1-12(2)28(26,27)23-17-6-14-4-3-13(5-15(14)7-17)8-24-9-16(11-25)18(10-24)19(20,21)22/h3-5,9-10,12,17,23,25H,6-8,11H2,1-2H3. The number of hydrogen-bond acceptors (Lipinski definition) is 3. The van der Waals surface area contributed by atoms with E-state index in [-0.39, 0.29) is 18.2 Å². The molecule has 0 amide bonds. The average Bonchev–Trinajstić information content (AvgIpc) is 3.16. The molecule has 1 aliphatic carbocycles. The van der Waals surface area contributed by atoms with E-state index < -0.39 is 33.6 Å². The van der Waals surface area contributed by atoms with Gasteiger partial charge in [-0.1, -0.05) is 18.2 Å². The van der Waals surface area contributed by atoms with E-state index in [1.165, 1.54) is 10.8 Å². The van der Waals surface area contributed by atoms with Crippen molar-refractivity contribution in [2.24, 2.45) is 0 Å². The van der Waals surface area contributed by atoms with Gasteiger partial charge in [-0.05, 0) is 43.4 Å². The maximum atomic E-state index is 13.0. The van der Waals surface area contributed by atoms with E-state index in [9.17, 15) is 26.7 Å². The number of aromatic nitrogens is 1. The molecule has 28 heavy (non-hydrogen) atoms. The number of aliphatic hydroxyl groups excluding tert-OH is 1. The molecule has 154 valence electrons. The number of benzene rings is 1. The van der Waals surface area contributed by atoms with Crippen molar-refractivity contribution in [3.63, 3.8) is 0 Å². The molecule has 1 unspecified atom stereocenters. The molecular formula is C19H23F3N2O3S. The monoisotopic (exact) mass is 416 g/mol. The molecule has 0 bridgehead atoms. The summed E-state index contributed by atoms with van der Waals surface area (Å²) in [4.78, 5) is 0. The smallest absolute Gasteiger partial charge is 0.392 e. The van der Waals surface area contributed by atoms with E-state index in [1.54, 1.807) is 13.8 Å². The first-order valence-corrected chi connectivity index (χ1v) is 10.5. The number of halogens is 3. The van der Waals surface area contributed by atoms with Crippen molar-refractivity contribution >= 4 is 10.0 Å². The number of nitrogens with one attached hydrogen (secondary N) is 1. The highest BCUT2D eigenvalue weighted by atomic mass is 32.2. The number of nitrogens with zero attached hydrogens (tertiary/aromatic N) is 1. The van der Waals surface area contributed by atoms with Crippen molar-refractivity contribution < 1.29 is 26.7 Å². The normalized spacial score (nSPS) is 17.3. The van der Waals surface area contributed by atoms with Gasteiger partial charge in [0, 0.05) is 30.5 Å². The van der Waals surface area contributed by atoms with Crippen LogP contribution in [0.4, 0.5) is 13.2 Å². The minimum atomic E-state index is -4.51. The molecule has 1 aromatic carbocycles. The predicted molar refractivity (Wildman–Crippen MR) is 99.3 cm³/mol. The second-order valence-corrected chi connectivity index (χ2v) is 9.71. The van der Waals surface area contributed by atoms with Crippen molar-refractivity contribution in [3.05, 3.63) is 58.4 Å². The van der Waals surface area contributed by atoms with Gasteiger partial charge in [0.25, 0.3) is 0 Å². The van der Waals surface area contributed by atoms with Crippen LogP contribution < -0.4 is 4.72 Å². The lowest BCUT2D eigenvalue weighted by atomic mass is 10.1. The van der Waals surface area contributed by atoms with E-state index in [4.69, 9.17) is 0 Å². The predicted octanol–water partition coefficient (Wildman–Crippen LogP) is 2.84. The van der Waals surface area contributed by atoms with Crippen LogP contribution in [0, 0.1) is 0 Å². The molecule has 5 nitrogen and oxygen atoms in total. The van der Waals surface area contributed by atoms with Gasteiger partial charge >= 0.3 is 6.18 Å². The van der Waals surface area contributed by atoms with Crippen LogP contribution in [0.2, 0.25) is 0 Å². The van der Waals surface area contributed by atoms with Crippen molar-refractivity contribution in [3.8, 4) is 0 Å². The van der Waals surface area contributed by atoms with Crippen molar-refractivity contribution in [2.45, 2.75) is 57.3 Å². The molecule has 0 fully saturated rings. The topological polar surface area (TPSA) is 71.3 Å². The summed E-state index contributed by atoms with van der Waals surface area (Å²) < 4.78 is 67.3. The Balaban J connectivity index is 1.75. The van der Waals surface area contributed by atoms with Crippen LogP contribution in [-0.2, 0) is 42.2 Å². The molecule has 0 aliphatic heterocycles. The summed E-state index contributed by atoms with van der Waals surface area (Å²) in [6.45, 7) is 2.80. The molecule has 1 aliphatic rings. The van der Waals surface area contributed by atoms with E-state index in [1.807, 2.05) is 18.2 Å². The molecule has 2 aromatic rings. The Labute approximate surface area is 162 Å².